The summed E-state index contributed by atoms with van der Waals surface area (Å²) in [5.74, 6) is 2.09. The number of halogens is 3. The molecule has 0 fully saturated rings. The zero-order valence-electron chi connectivity index (χ0n) is 17.9. The monoisotopic (exact) mass is 425 g/mol. The van der Waals surface area contributed by atoms with Crippen LogP contribution in [0.2, 0.25) is 0 Å². The van der Waals surface area contributed by atoms with E-state index in [4.69, 9.17) is 4.52 Å². The summed E-state index contributed by atoms with van der Waals surface area (Å²) in [5.41, 5.74) is 0.0438. The minimum atomic E-state index is -4.33. The Morgan fingerprint density at radius 2 is 1.97 bits per heavy atom. The van der Waals surface area contributed by atoms with E-state index in [0.29, 0.717) is 55.7 Å². The second kappa shape index (κ2) is 11.0. The number of nitrogens with zero attached hydrogens (tertiary/aromatic N) is 3. The number of hydrogen-bond donors (Lipinski definition) is 2. The van der Waals surface area contributed by atoms with Crippen LogP contribution < -0.4 is 10.6 Å². The fourth-order valence-electron chi connectivity index (χ4n) is 2.79. The third-order valence-corrected chi connectivity index (χ3v) is 4.59. The lowest BCUT2D eigenvalue weighted by Gasteiger charge is -2.14. The van der Waals surface area contributed by atoms with Crippen molar-refractivity contribution in [3.05, 3.63) is 47.1 Å². The van der Waals surface area contributed by atoms with Crippen LogP contribution in [-0.2, 0) is 12.6 Å². The van der Waals surface area contributed by atoms with Crippen LogP contribution >= 0.6 is 0 Å². The molecule has 9 heteroatoms. The van der Waals surface area contributed by atoms with Crippen LogP contribution in [-0.4, -0.2) is 35.7 Å². The number of benzene rings is 1. The van der Waals surface area contributed by atoms with Crippen LogP contribution in [0.3, 0.4) is 0 Å². The zero-order valence-corrected chi connectivity index (χ0v) is 17.9. The van der Waals surface area contributed by atoms with Crippen LogP contribution in [0.15, 0.2) is 33.8 Å². The molecule has 6 nitrogen and oxygen atoms in total. The summed E-state index contributed by atoms with van der Waals surface area (Å²) < 4.78 is 43.9. The summed E-state index contributed by atoms with van der Waals surface area (Å²) in [6.07, 6.45) is -3.12. The molecule has 2 rings (SSSR count). The van der Waals surface area contributed by atoms with Gasteiger partial charge in [-0.3, -0.25) is 4.99 Å². The summed E-state index contributed by atoms with van der Waals surface area (Å²) in [7, 11) is 0. The molecule has 1 atom stereocenters. The smallest absolute Gasteiger partial charge is 0.357 e. The SMILES string of the molecule is CCNC(=NCCC(C)c1cccc(C(F)(F)F)c1)NCCc1nc(C(C)C)no1. The Labute approximate surface area is 175 Å². The minimum Gasteiger partial charge on any atom is -0.357 e. The van der Waals surface area contributed by atoms with Crippen LogP contribution in [0.25, 0.3) is 0 Å². The van der Waals surface area contributed by atoms with Gasteiger partial charge in [0.1, 0.15) is 0 Å². The Balaban J connectivity index is 1.86. The maximum atomic E-state index is 12.9. The van der Waals surface area contributed by atoms with Crippen molar-refractivity contribution in [2.24, 2.45) is 4.99 Å². The summed E-state index contributed by atoms with van der Waals surface area (Å²) in [6, 6.07) is 5.48. The first-order valence-corrected chi connectivity index (χ1v) is 10.2. The van der Waals surface area contributed by atoms with Gasteiger partial charge in [-0.1, -0.05) is 44.1 Å². The Morgan fingerprint density at radius 1 is 1.20 bits per heavy atom. The van der Waals surface area contributed by atoms with Crippen molar-refractivity contribution in [2.75, 3.05) is 19.6 Å². The highest BCUT2D eigenvalue weighted by Crippen LogP contribution is 2.31. The number of nitrogens with one attached hydrogen (secondary N) is 2. The number of guanidine groups is 1. The van der Waals surface area contributed by atoms with Gasteiger partial charge >= 0.3 is 6.18 Å². The molecule has 0 aliphatic heterocycles. The molecular weight excluding hydrogens is 395 g/mol. The number of hydrogen-bond acceptors (Lipinski definition) is 4. The molecule has 0 bridgehead atoms. The first-order valence-electron chi connectivity index (χ1n) is 10.2. The predicted molar refractivity (Wildman–Crippen MR) is 111 cm³/mol. The van der Waals surface area contributed by atoms with Gasteiger partial charge in [0.05, 0.1) is 5.56 Å². The molecule has 166 valence electrons. The highest BCUT2D eigenvalue weighted by Gasteiger charge is 2.30. The number of alkyl halides is 3. The number of aliphatic imine (C=N–C) groups is 1. The topological polar surface area (TPSA) is 75.3 Å². The van der Waals surface area contributed by atoms with Crippen molar-refractivity contribution in [1.82, 2.24) is 20.8 Å². The summed E-state index contributed by atoms with van der Waals surface area (Å²) in [6.45, 7) is 9.65. The largest absolute Gasteiger partial charge is 0.416 e. The maximum absolute atomic E-state index is 12.9. The summed E-state index contributed by atoms with van der Waals surface area (Å²) >= 11 is 0. The quantitative estimate of drug-likeness (QED) is 0.457. The first kappa shape index (κ1) is 23.7. The molecule has 30 heavy (non-hydrogen) atoms. The second-order valence-corrected chi connectivity index (χ2v) is 7.45. The molecule has 1 aromatic heterocycles. The molecule has 2 N–H and O–H groups in total. The Hall–Kier alpha value is -2.58. The van der Waals surface area contributed by atoms with Gasteiger partial charge in [0, 0.05) is 32.0 Å². The van der Waals surface area contributed by atoms with Crippen molar-refractivity contribution >= 4 is 5.96 Å². The average molecular weight is 425 g/mol. The fraction of sp³-hybridized carbons (Fsp3) is 0.571. The molecule has 0 saturated heterocycles. The Morgan fingerprint density at radius 3 is 2.60 bits per heavy atom. The molecule has 0 amide bonds. The standard InChI is InChI=1S/C21H30F3N5O/c1-5-25-20(27-12-10-18-28-19(14(2)3)29-30-18)26-11-9-15(4)16-7-6-8-17(13-16)21(22,23)24/h6-8,13-15H,5,9-12H2,1-4H3,(H2,25,26,27). The Bertz CT molecular complexity index is 817. The van der Waals surface area contributed by atoms with Crippen molar-refractivity contribution in [3.63, 3.8) is 0 Å². The van der Waals surface area contributed by atoms with Crippen molar-refractivity contribution in [3.8, 4) is 0 Å². The van der Waals surface area contributed by atoms with Gasteiger partial charge in [-0.15, -0.1) is 0 Å². The van der Waals surface area contributed by atoms with E-state index >= 15 is 0 Å². The van der Waals surface area contributed by atoms with Gasteiger partial charge in [-0.25, -0.2) is 0 Å². The van der Waals surface area contributed by atoms with E-state index in [1.54, 1.807) is 6.07 Å². The van der Waals surface area contributed by atoms with Gasteiger partial charge in [0.15, 0.2) is 11.8 Å². The second-order valence-electron chi connectivity index (χ2n) is 7.45. The lowest BCUT2D eigenvalue weighted by molar-refractivity contribution is -0.137. The van der Waals surface area contributed by atoms with E-state index in [2.05, 4.69) is 25.8 Å². The van der Waals surface area contributed by atoms with E-state index in [9.17, 15) is 13.2 Å². The zero-order chi connectivity index (χ0) is 22.1. The van der Waals surface area contributed by atoms with Gasteiger partial charge < -0.3 is 15.2 Å². The lowest BCUT2D eigenvalue weighted by Crippen LogP contribution is -2.38. The fourth-order valence-corrected chi connectivity index (χ4v) is 2.79. The molecule has 0 saturated carbocycles. The summed E-state index contributed by atoms with van der Waals surface area (Å²) in [4.78, 5) is 8.86. The third kappa shape index (κ3) is 7.35. The highest BCUT2D eigenvalue weighted by molar-refractivity contribution is 5.79. The van der Waals surface area contributed by atoms with E-state index in [0.717, 1.165) is 6.07 Å². The van der Waals surface area contributed by atoms with E-state index < -0.39 is 11.7 Å². The van der Waals surface area contributed by atoms with Crippen molar-refractivity contribution in [2.45, 2.75) is 58.5 Å². The molecule has 0 spiro atoms. The minimum absolute atomic E-state index is 0.0354. The molecule has 1 aromatic carbocycles. The van der Waals surface area contributed by atoms with E-state index in [1.165, 1.54) is 12.1 Å². The number of rotatable bonds is 9. The van der Waals surface area contributed by atoms with Crippen LogP contribution in [0, 0.1) is 0 Å². The highest BCUT2D eigenvalue weighted by atomic mass is 19.4. The normalized spacial score (nSPS) is 13.5. The first-order chi connectivity index (χ1) is 14.2. The summed E-state index contributed by atoms with van der Waals surface area (Å²) in [5, 5.41) is 10.3. The van der Waals surface area contributed by atoms with Crippen molar-refractivity contribution < 1.29 is 17.7 Å². The maximum Gasteiger partial charge on any atom is 0.416 e. The molecule has 0 aliphatic rings. The van der Waals surface area contributed by atoms with Crippen molar-refractivity contribution in [1.29, 1.82) is 0 Å². The van der Waals surface area contributed by atoms with Gasteiger partial charge in [0.2, 0.25) is 5.89 Å². The number of aromatic nitrogens is 2. The van der Waals surface area contributed by atoms with Crippen LogP contribution in [0.4, 0.5) is 13.2 Å². The molecule has 2 aromatic rings. The van der Waals surface area contributed by atoms with E-state index in [-0.39, 0.29) is 11.8 Å². The molecule has 0 aliphatic carbocycles. The van der Waals surface area contributed by atoms with E-state index in [1.807, 2.05) is 27.7 Å². The van der Waals surface area contributed by atoms with Gasteiger partial charge in [0.25, 0.3) is 0 Å². The molecule has 0 radical (unpaired) electrons. The predicted octanol–water partition coefficient (Wildman–Crippen LogP) is 4.50. The van der Waals surface area contributed by atoms with Crippen LogP contribution in [0.1, 0.15) is 68.8 Å². The molecule has 1 heterocycles. The van der Waals surface area contributed by atoms with Crippen LogP contribution in [0.5, 0.6) is 0 Å². The molecular formula is C21H30F3N5O. The average Bonchev–Trinajstić information content (AvgIpc) is 3.16. The lowest BCUT2D eigenvalue weighted by atomic mass is 9.96. The van der Waals surface area contributed by atoms with Gasteiger partial charge in [-0.2, -0.15) is 18.2 Å². The molecule has 1 unspecified atom stereocenters. The Kier molecular flexibility index (Phi) is 8.68. The third-order valence-electron chi connectivity index (χ3n) is 4.59. The van der Waals surface area contributed by atoms with Gasteiger partial charge in [-0.05, 0) is 30.9 Å².